The predicted octanol–water partition coefficient (Wildman–Crippen LogP) is 5.00. The molecule has 0 saturated carbocycles. The average molecular weight is 403 g/mol. The lowest BCUT2D eigenvalue weighted by Gasteiger charge is -2.44. The number of hydrogen-bond donors (Lipinski definition) is 0. The summed E-state index contributed by atoms with van der Waals surface area (Å²) in [6, 6.07) is 11.6. The summed E-state index contributed by atoms with van der Waals surface area (Å²) in [5, 5.41) is 0.970. The highest BCUT2D eigenvalue weighted by Crippen LogP contribution is 2.42. The fourth-order valence-corrected chi connectivity index (χ4v) is 4.70. The largest absolute Gasteiger partial charge is 0.486 e. The van der Waals surface area contributed by atoms with Crippen molar-refractivity contribution in [3.05, 3.63) is 64.4 Å². The standard InChI is InChI=1S/C25H25NO4/c1-15-8-9-19-20(27)14-25(30-22(19)16(15)2)10-12-26(13-11-25)24(28)23-17(3)18-6-4-5-7-21(18)29-23/h4-9H,10-14H2,1-3H3. The number of para-hydroxylation sites is 1. The number of fused-ring (bicyclic) bond motifs is 2. The van der Waals surface area contributed by atoms with Gasteiger partial charge in [0.05, 0.1) is 12.0 Å². The fourth-order valence-electron chi connectivity index (χ4n) is 4.70. The van der Waals surface area contributed by atoms with E-state index in [4.69, 9.17) is 9.15 Å². The van der Waals surface area contributed by atoms with Crippen LogP contribution in [0.5, 0.6) is 5.75 Å². The molecule has 0 aliphatic carbocycles. The summed E-state index contributed by atoms with van der Waals surface area (Å²) in [6.45, 7) is 7.05. The van der Waals surface area contributed by atoms with E-state index in [2.05, 4.69) is 0 Å². The lowest BCUT2D eigenvalue weighted by molar-refractivity contribution is -0.00688. The van der Waals surface area contributed by atoms with Gasteiger partial charge in [-0.2, -0.15) is 0 Å². The van der Waals surface area contributed by atoms with Gasteiger partial charge in [0.25, 0.3) is 5.91 Å². The number of carbonyl (C=O) groups is 2. The minimum atomic E-state index is -0.525. The van der Waals surface area contributed by atoms with Crippen molar-refractivity contribution in [2.45, 2.75) is 45.6 Å². The van der Waals surface area contributed by atoms with Crippen molar-refractivity contribution < 1.29 is 18.7 Å². The molecule has 1 saturated heterocycles. The van der Waals surface area contributed by atoms with Gasteiger partial charge in [-0.15, -0.1) is 0 Å². The molecule has 0 atom stereocenters. The summed E-state index contributed by atoms with van der Waals surface area (Å²) < 4.78 is 12.3. The van der Waals surface area contributed by atoms with Gasteiger partial charge >= 0.3 is 0 Å². The number of hydrogen-bond acceptors (Lipinski definition) is 4. The van der Waals surface area contributed by atoms with E-state index in [-0.39, 0.29) is 11.7 Å². The van der Waals surface area contributed by atoms with Crippen molar-refractivity contribution in [1.29, 1.82) is 0 Å². The Bertz CT molecular complexity index is 1180. The van der Waals surface area contributed by atoms with Crippen molar-refractivity contribution in [2.24, 2.45) is 0 Å². The molecule has 2 aliphatic heterocycles. The van der Waals surface area contributed by atoms with E-state index < -0.39 is 5.60 Å². The maximum Gasteiger partial charge on any atom is 0.289 e. The molecule has 5 heteroatoms. The molecule has 5 rings (SSSR count). The maximum atomic E-state index is 13.1. The van der Waals surface area contributed by atoms with Gasteiger partial charge in [-0.25, -0.2) is 0 Å². The molecule has 3 aromatic rings. The molecular formula is C25H25NO4. The first-order valence-corrected chi connectivity index (χ1v) is 10.5. The Balaban J connectivity index is 1.37. The van der Waals surface area contributed by atoms with Gasteiger partial charge in [-0.1, -0.05) is 24.3 Å². The maximum absolute atomic E-state index is 13.1. The van der Waals surface area contributed by atoms with Crippen LogP contribution >= 0.6 is 0 Å². The van der Waals surface area contributed by atoms with Crippen LogP contribution in [0.1, 0.15) is 56.9 Å². The number of carbonyl (C=O) groups excluding carboxylic acids is 2. The van der Waals surface area contributed by atoms with Gasteiger partial charge in [0.1, 0.15) is 16.9 Å². The van der Waals surface area contributed by atoms with Gasteiger partial charge in [0.2, 0.25) is 0 Å². The van der Waals surface area contributed by atoms with Crippen LogP contribution < -0.4 is 4.74 Å². The van der Waals surface area contributed by atoms with Crippen molar-refractivity contribution >= 4 is 22.7 Å². The van der Waals surface area contributed by atoms with E-state index in [9.17, 15) is 9.59 Å². The van der Waals surface area contributed by atoms with Crippen molar-refractivity contribution in [2.75, 3.05) is 13.1 Å². The van der Waals surface area contributed by atoms with Gasteiger partial charge < -0.3 is 14.1 Å². The lowest BCUT2D eigenvalue weighted by atomic mass is 9.81. The van der Waals surface area contributed by atoms with Gasteiger partial charge in [0, 0.05) is 36.9 Å². The lowest BCUT2D eigenvalue weighted by Crippen LogP contribution is -2.52. The molecule has 1 spiro atoms. The zero-order chi connectivity index (χ0) is 21.0. The van der Waals surface area contributed by atoms with Crippen LogP contribution in [0.3, 0.4) is 0 Å². The third kappa shape index (κ3) is 2.83. The molecule has 0 unspecified atom stereocenters. The van der Waals surface area contributed by atoms with Crippen LogP contribution in [0.25, 0.3) is 11.0 Å². The quantitative estimate of drug-likeness (QED) is 0.574. The zero-order valence-corrected chi connectivity index (χ0v) is 17.6. The Labute approximate surface area is 175 Å². The molecule has 154 valence electrons. The number of Topliss-reactive ketones (excluding diaryl/α,β-unsaturated/α-hetero) is 1. The second-order valence-electron chi connectivity index (χ2n) is 8.61. The molecule has 2 aromatic carbocycles. The van der Waals surface area contributed by atoms with E-state index >= 15 is 0 Å². The summed E-state index contributed by atoms with van der Waals surface area (Å²) in [5.41, 5.74) is 3.90. The Kier molecular flexibility index (Phi) is 4.24. The molecule has 2 aliphatic rings. The third-order valence-electron chi connectivity index (χ3n) is 6.78. The highest BCUT2D eigenvalue weighted by Gasteiger charge is 2.44. The molecule has 3 heterocycles. The number of rotatable bonds is 1. The fraction of sp³-hybridized carbons (Fsp3) is 0.360. The first-order chi connectivity index (χ1) is 14.4. The number of piperidine rings is 1. The number of benzene rings is 2. The number of likely N-dealkylation sites (tertiary alicyclic amines) is 1. The van der Waals surface area contributed by atoms with E-state index in [0.717, 1.165) is 33.4 Å². The Morgan fingerprint density at radius 3 is 2.47 bits per heavy atom. The molecule has 5 nitrogen and oxygen atoms in total. The van der Waals surface area contributed by atoms with Gasteiger partial charge in [0.15, 0.2) is 11.5 Å². The number of ketones is 1. The summed E-state index contributed by atoms with van der Waals surface area (Å²) in [4.78, 5) is 27.8. The Morgan fingerprint density at radius 2 is 1.73 bits per heavy atom. The second kappa shape index (κ2) is 6.73. The number of ether oxygens (including phenoxy) is 1. The van der Waals surface area contributed by atoms with E-state index in [1.165, 1.54) is 0 Å². The van der Waals surface area contributed by atoms with Gasteiger partial charge in [-0.05, 0) is 44.0 Å². The molecule has 1 aromatic heterocycles. The highest BCUT2D eigenvalue weighted by molar-refractivity contribution is 6.01. The van der Waals surface area contributed by atoms with Crippen molar-refractivity contribution in [1.82, 2.24) is 4.90 Å². The number of aryl methyl sites for hydroxylation is 2. The smallest absolute Gasteiger partial charge is 0.289 e. The molecule has 0 bridgehead atoms. The molecule has 1 amide bonds. The minimum Gasteiger partial charge on any atom is -0.486 e. The van der Waals surface area contributed by atoms with Crippen LogP contribution in [0.15, 0.2) is 40.8 Å². The molecule has 1 fully saturated rings. The predicted molar refractivity (Wildman–Crippen MR) is 114 cm³/mol. The minimum absolute atomic E-state index is 0.0897. The molecular weight excluding hydrogens is 378 g/mol. The normalized spacial score (nSPS) is 17.8. The molecule has 30 heavy (non-hydrogen) atoms. The summed E-state index contributed by atoms with van der Waals surface area (Å²) in [7, 11) is 0. The van der Waals surface area contributed by atoms with Crippen LogP contribution in [-0.4, -0.2) is 35.3 Å². The van der Waals surface area contributed by atoms with Crippen LogP contribution in [-0.2, 0) is 0 Å². The van der Waals surface area contributed by atoms with Crippen LogP contribution in [0.4, 0.5) is 0 Å². The SMILES string of the molecule is Cc1ccc2c(c1C)OC1(CCN(C(=O)c3oc4ccccc4c3C)CC1)CC2=O. The molecule has 0 N–H and O–H groups in total. The average Bonchev–Trinajstić information content (AvgIpc) is 3.08. The summed E-state index contributed by atoms with van der Waals surface area (Å²) >= 11 is 0. The Hall–Kier alpha value is -3.08. The number of nitrogens with zero attached hydrogens (tertiary/aromatic N) is 1. The molecule has 0 radical (unpaired) electrons. The van der Waals surface area contributed by atoms with Crippen LogP contribution in [0.2, 0.25) is 0 Å². The Morgan fingerprint density at radius 1 is 1.00 bits per heavy atom. The van der Waals surface area contributed by atoms with Gasteiger partial charge in [-0.3, -0.25) is 9.59 Å². The van der Waals surface area contributed by atoms with E-state index in [1.54, 1.807) is 0 Å². The van der Waals surface area contributed by atoms with E-state index in [1.807, 2.05) is 62.1 Å². The zero-order valence-electron chi connectivity index (χ0n) is 17.6. The summed E-state index contributed by atoms with van der Waals surface area (Å²) in [6.07, 6.45) is 1.64. The summed E-state index contributed by atoms with van der Waals surface area (Å²) in [5.74, 6) is 1.17. The van der Waals surface area contributed by atoms with Crippen molar-refractivity contribution in [3.8, 4) is 5.75 Å². The topological polar surface area (TPSA) is 59.8 Å². The number of furan rings is 1. The third-order valence-corrected chi connectivity index (χ3v) is 6.78. The first-order valence-electron chi connectivity index (χ1n) is 10.5. The van der Waals surface area contributed by atoms with E-state index in [0.29, 0.717) is 43.7 Å². The van der Waals surface area contributed by atoms with Crippen LogP contribution in [0, 0.1) is 20.8 Å². The monoisotopic (exact) mass is 403 g/mol. The first kappa shape index (κ1) is 18.9. The highest BCUT2D eigenvalue weighted by atomic mass is 16.5. The number of amides is 1. The second-order valence-corrected chi connectivity index (χ2v) is 8.61. The van der Waals surface area contributed by atoms with Crippen molar-refractivity contribution in [3.63, 3.8) is 0 Å².